The Balaban J connectivity index is 2.76. The van der Waals surface area contributed by atoms with E-state index in [0.717, 1.165) is 0 Å². The molecule has 0 saturated heterocycles. The lowest BCUT2D eigenvalue weighted by Gasteiger charge is -2.12. The van der Waals surface area contributed by atoms with Crippen molar-refractivity contribution in [3.63, 3.8) is 0 Å². The van der Waals surface area contributed by atoms with Gasteiger partial charge in [-0.3, -0.25) is 5.32 Å². The summed E-state index contributed by atoms with van der Waals surface area (Å²) in [6.45, 7) is 3.64. The molecule has 88 valence electrons. The number of nitrogens with one attached hydrogen (secondary N) is 1. The summed E-state index contributed by atoms with van der Waals surface area (Å²) >= 11 is 0. The van der Waals surface area contributed by atoms with Gasteiger partial charge in [0.15, 0.2) is 0 Å². The third kappa shape index (κ3) is 3.51. The Morgan fingerprint density at radius 2 is 2.25 bits per heavy atom. The van der Waals surface area contributed by atoms with Gasteiger partial charge < -0.3 is 10.5 Å². The molecule has 1 aromatic rings. The molecule has 0 aliphatic heterocycles. The van der Waals surface area contributed by atoms with Crippen LogP contribution in [0.2, 0.25) is 0 Å². The van der Waals surface area contributed by atoms with Gasteiger partial charge in [0.05, 0.1) is 6.10 Å². The molecule has 0 fully saturated rings. The molecule has 5 heteroatoms. The van der Waals surface area contributed by atoms with Crippen LogP contribution in [0.5, 0.6) is 0 Å². The molecule has 4 nitrogen and oxygen atoms in total. The first-order valence-corrected chi connectivity index (χ1v) is 4.99. The number of halogens is 1. The second kappa shape index (κ2) is 5.46. The number of nitrogens with two attached hydrogens (primary N) is 1. The predicted octanol–water partition coefficient (Wildman–Crippen LogP) is 2.24. The number of anilines is 1. The largest absolute Gasteiger partial charge is 0.447 e. The molecule has 0 aliphatic carbocycles. The van der Waals surface area contributed by atoms with E-state index in [-0.39, 0.29) is 18.5 Å². The highest BCUT2D eigenvalue weighted by Gasteiger charge is 2.09. The Kier molecular flexibility index (Phi) is 4.25. The molecule has 0 atom stereocenters. The number of amides is 1. The van der Waals surface area contributed by atoms with Crippen LogP contribution in [0, 0.1) is 5.82 Å². The van der Waals surface area contributed by atoms with Gasteiger partial charge in [-0.05, 0) is 37.6 Å². The van der Waals surface area contributed by atoms with Crippen LogP contribution in [0.15, 0.2) is 18.2 Å². The maximum absolute atomic E-state index is 12.9. The third-order valence-electron chi connectivity index (χ3n) is 1.87. The Labute approximate surface area is 93.6 Å². The van der Waals surface area contributed by atoms with Gasteiger partial charge in [0.1, 0.15) is 5.82 Å². The Morgan fingerprint density at radius 1 is 1.56 bits per heavy atom. The molecule has 0 unspecified atom stereocenters. The highest BCUT2D eigenvalue weighted by molar-refractivity contribution is 5.85. The van der Waals surface area contributed by atoms with Crippen LogP contribution in [0.4, 0.5) is 14.9 Å². The zero-order chi connectivity index (χ0) is 12.1. The smallest absolute Gasteiger partial charge is 0.411 e. The standard InChI is InChI=1S/C11H15FN2O2/c1-7(2)16-11(15)14-10-4-3-9(12)5-8(10)6-13/h3-5,7H,6,13H2,1-2H3,(H,14,15). The summed E-state index contributed by atoms with van der Waals surface area (Å²) in [6, 6.07) is 3.99. The quantitative estimate of drug-likeness (QED) is 0.830. The average molecular weight is 226 g/mol. The lowest BCUT2D eigenvalue weighted by molar-refractivity contribution is 0.130. The molecule has 0 aromatic heterocycles. The van der Waals surface area contributed by atoms with Gasteiger partial charge in [0.25, 0.3) is 0 Å². The first-order valence-electron chi connectivity index (χ1n) is 4.99. The maximum Gasteiger partial charge on any atom is 0.411 e. The van der Waals surface area contributed by atoms with Crippen molar-refractivity contribution in [3.8, 4) is 0 Å². The lowest BCUT2D eigenvalue weighted by atomic mass is 10.2. The molecular weight excluding hydrogens is 211 g/mol. The molecular formula is C11H15FN2O2. The van der Waals surface area contributed by atoms with Crippen molar-refractivity contribution in [2.24, 2.45) is 5.73 Å². The van der Waals surface area contributed by atoms with Crippen LogP contribution in [0.1, 0.15) is 19.4 Å². The molecule has 1 amide bonds. The minimum Gasteiger partial charge on any atom is -0.447 e. The Bertz CT molecular complexity index is 380. The van der Waals surface area contributed by atoms with Gasteiger partial charge in [0, 0.05) is 12.2 Å². The molecule has 1 rings (SSSR count). The van der Waals surface area contributed by atoms with E-state index in [4.69, 9.17) is 10.5 Å². The van der Waals surface area contributed by atoms with Crippen LogP contribution in [0.3, 0.4) is 0 Å². The third-order valence-corrected chi connectivity index (χ3v) is 1.87. The van der Waals surface area contributed by atoms with E-state index in [0.29, 0.717) is 11.3 Å². The molecule has 0 saturated carbocycles. The van der Waals surface area contributed by atoms with Gasteiger partial charge >= 0.3 is 6.09 Å². The van der Waals surface area contributed by atoms with Crippen LogP contribution >= 0.6 is 0 Å². The zero-order valence-corrected chi connectivity index (χ0v) is 9.29. The van der Waals surface area contributed by atoms with Crippen molar-refractivity contribution in [1.29, 1.82) is 0 Å². The summed E-state index contributed by atoms with van der Waals surface area (Å²) in [5.74, 6) is -0.386. The van der Waals surface area contributed by atoms with E-state index < -0.39 is 6.09 Å². The van der Waals surface area contributed by atoms with Crippen molar-refractivity contribution in [2.45, 2.75) is 26.5 Å². The fraction of sp³-hybridized carbons (Fsp3) is 0.364. The van der Waals surface area contributed by atoms with E-state index in [1.54, 1.807) is 13.8 Å². The minimum atomic E-state index is -0.573. The minimum absolute atomic E-state index is 0.148. The van der Waals surface area contributed by atoms with Crippen molar-refractivity contribution in [1.82, 2.24) is 0 Å². The van der Waals surface area contributed by atoms with Gasteiger partial charge in [-0.25, -0.2) is 9.18 Å². The van der Waals surface area contributed by atoms with E-state index in [2.05, 4.69) is 5.32 Å². The number of hydrogen-bond acceptors (Lipinski definition) is 3. The SMILES string of the molecule is CC(C)OC(=O)Nc1ccc(F)cc1CN. The summed E-state index contributed by atoms with van der Waals surface area (Å²) < 4.78 is 17.8. The molecule has 0 radical (unpaired) electrons. The molecule has 0 bridgehead atoms. The van der Waals surface area contributed by atoms with Gasteiger partial charge in [-0.15, -0.1) is 0 Å². The fourth-order valence-corrected chi connectivity index (χ4v) is 1.21. The number of rotatable bonds is 3. The van der Waals surface area contributed by atoms with E-state index >= 15 is 0 Å². The summed E-state index contributed by atoms with van der Waals surface area (Å²) in [5, 5.41) is 2.51. The number of carbonyl (C=O) groups excluding carboxylic acids is 1. The average Bonchev–Trinajstić information content (AvgIpc) is 2.19. The number of ether oxygens (including phenoxy) is 1. The highest BCUT2D eigenvalue weighted by atomic mass is 19.1. The summed E-state index contributed by atoms with van der Waals surface area (Å²) in [5.41, 5.74) is 6.43. The van der Waals surface area contributed by atoms with Crippen molar-refractivity contribution in [2.75, 3.05) is 5.32 Å². The normalized spacial score (nSPS) is 10.3. The Morgan fingerprint density at radius 3 is 2.81 bits per heavy atom. The van der Waals surface area contributed by atoms with E-state index in [9.17, 15) is 9.18 Å². The molecule has 3 N–H and O–H groups in total. The van der Waals surface area contributed by atoms with E-state index in [1.807, 2.05) is 0 Å². The first-order chi connectivity index (χ1) is 7.52. The van der Waals surface area contributed by atoms with Gasteiger partial charge in [-0.2, -0.15) is 0 Å². The summed E-state index contributed by atoms with van der Waals surface area (Å²) in [4.78, 5) is 11.3. The monoisotopic (exact) mass is 226 g/mol. The van der Waals surface area contributed by atoms with Gasteiger partial charge in [0.2, 0.25) is 0 Å². The molecule has 1 aromatic carbocycles. The second-order valence-electron chi connectivity index (χ2n) is 3.58. The first kappa shape index (κ1) is 12.4. The maximum atomic E-state index is 12.9. The zero-order valence-electron chi connectivity index (χ0n) is 9.29. The van der Waals surface area contributed by atoms with Crippen molar-refractivity contribution < 1.29 is 13.9 Å². The van der Waals surface area contributed by atoms with Crippen LogP contribution < -0.4 is 11.1 Å². The topological polar surface area (TPSA) is 64.3 Å². The Hall–Kier alpha value is -1.62. The predicted molar refractivity (Wildman–Crippen MR) is 59.5 cm³/mol. The van der Waals surface area contributed by atoms with Crippen molar-refractivity contribution in [3.05, 3.63) is 29.6 Å². The highest BCUT2D eigenvalue weighted by Crippen LogP contribution is 2.16. The van der Waals surface area contributed by atoms with Crippen LogP contribution in [-0.2, 0) is 11.3 Å². The molecule has 16 heavy (non-hydrogen) atoms. The summed E-state index contributed by atoms with van der Waals surface area (Å²) in [6.07, 6.45) is -0.780. The lowest BCUT2D eigenvalue weighted by Crippen LogP contribution is -2.19. The number of carbonyl (C=O) groups is 1. The number of benzene rings is 1. The van der Waals surface area contributed by atoms with E-state index in [1.165, 1.54) is 18.2 Å². The van der Waals surface area contributed by atoms with Crippen LogP contribution in [-0.4, -0.2) is 12.2 Å². The molecule has 0 spiro atoms. The fourth-order valence-electron chi connectivity index (χ4n) is 1.21. The molecule has 0 heterocycles. The number of hydrogen-bond donors (Lipinski definition) is 2. The van der Waals surface area contributed by atoms with Gasteiger partial charge in [-0.1, -0.05) is 0 Å². The second-order valence-corrected chi connectivity index (χ2v) is 3.58. The molecule has 0 aliphatic rings. The summed E-state index contributed by atoms with van der Waals surface area (Å²) in [7, 11) is 0. The van der Waals surface area contributed by atoms with Crippen molar-refractivity contribution >= 4 is 11.8 Å². The van der Waals surface area contributed by atoms with Crippen LogP contribution in [0.25, 0.3) is 0 Å².